The van der Waals surface area contributed by atoms with Crippen LogP contribution in [0.15, 0.2) is 18.2 Å². The smallest absolute Gasteiger partial charge is 0.329 e. The van der Waals surface area contributed by atoms with Gasteiger partial charge in [0.1, 0.15) is 0 Å². The standard InChI is InChI=1S/C13H16N4O.ClH/c1-4-8-16-13(18)17(12(14)15)11-9(2)6-5-7-10(11)3;/h1,5-7H,8H2,2-3H3,(H3,14,15)(H,16,18);1H. The van der Waals surface area contributed by atoms with E-state index in [1.807, 2.05) is 32.0 Å². The first-order valence-electron chi connectivity index (χ1n) is 5.40. The van der Waals surface area contributed by atoms with Crippen LogP contribution < -0.4 is 16.0 Å². The molecule has 0 bridgehead atoms. The fourth-order valence-corrected chi connectivity index (χ4v) is 1.70. The molecule has 0 fully saturated rings. The maximum absolute atomic E-state index is 11.9. The zero-order chi connectivity index (χ0) is 13.7. The van der Waals surface area contributed by atoms with E-state index in [0.717, 1.165) is 16.0 Å². The van der Waals surface area contributed by atoms with E-state index in [1.54, 1.807) is 0 Å². The average molecular weight is 281 g/mol. The summed E-state index contributed by atoms with van der Waals surface area (Å²) in [6.45, 7) is 3.80. The molecule has 0 saturated carbocycles. The van der Waals surface area contributed by atoms with Crippen molar-refractivity contribution in [1.29, 1.82) is 5.41 Å². The molecule has 5 nitrogen and oxygen atoms in total. The second kappa shape index (κ2) is 7.29. The SMILES string of the molecule is C#CCNC(=O)N(C(=N)N)c1c(C)cccc1C.Cl. The highest BCUT2D eigenvalue weighted by atomic mass is 35.5. The number of halogens is 1. The lowest BCUT2D eigenvalue weighted by Crippen LogP contribution is -2.48. The summed E-state index contributed by atoms with van der Waals surface area (Å²) in [6.07, 6.45) is 5.08. The molecule has 0 radical (unpaired) electrons. The number of nitrogens with one attached hydrogen (secondary N) is 2. The largest absolute Gasteiger partial charge is 0.369 e. The molecule has 0 unspecified atom stereocenters. The van der Waals surface area contributed by atoms with Crippen molar-refractivity contribution in [1.82, 2.24) is 5.32 Å². The van der Waals surface area contributed by atoms with Gasteiger partial charge in [0.2, 0.25) is 5.96 Å². The van der Waals surface area contributed by atoms with Crippen molar-refractivity contribution < 1.29 is 4.79 Å². The average Bonchev–Trinajstić information content (AvgIpc) is 2.30. The molecule has 102 valence electrons. The van der Waals surface area contributed by atoms with Crippen LogP contribution >= 0.6 is 12.4 Å². The molecule has 1 rings (SSSR count). The number of benzene rings is 1. The number of carbonyl (C=O) groups is 1. The predicted octanol–water partition coefficient (Wildman–Crippen LogP) is 1.77. The van der Waals surface area contributed by atoms with E-state index in [-0.39, 0.29) is 24.9 Å². The Labute approximate surface area is 119 Å². The predicted molar refractivity (Wildman–Crippen MR) is 79.8 cm³/mol. The summed E-state index contributed by atoms with van der Waals surface area (Å²) in [7, 11) is 0. The molecule has 0 aliphatic carbocycles. The normalized spacial score (nSPS) is 8.89. The Kier molecular flexibility index (Phi) is 6.45. The third-order valence-corrected chi connectivity index (χ3v) is 2.45. The quantitative estimate of drug-likeness (QED) is 0.438. The van der Waals surface area contributed by atoms with Crippen LogP contribution in [0.25, 0.3) is 0 Å². The number of amides is 2. The number of para-hydroxylation sites is 1. The van der Waals surface area contributed by atoms with Gasteiger partial charge in [0.25, 0.3) is 0 Å². The fraction of sp³-hybridized carbons (Fsp3) is 0.231. The van der Waals surface area contributed by atoms with E-state index in [4.69, 9.17) is 17.6 Å². The third kappa shape index (κ3) is 3.90. The van der Waals surface area contributed by atoms with Crippen molar-refractivity contribution in [3.63, 3.8) is 0 Å². The van der Waals surface area contributed by atoms with Crippen molar-refractivity contribution in [3.05, 3.63) is 29.3 Å². The molecular weight excluding hydrogens is 264 g/mol. The van der Waals surface area contributed by atoms with E-state index in [9.17, 15) is 4.79 Å². The summed E-state index contributed by atoms with van der Waals surface area (Å²) < 4.78 is 0. The van der Waals surface area contributed by atoms with E-state index < -0.39 is 6.03 Å². The van der Waals surface area contributed by atoms with Gasteiger partial charge in [-0.15, -0.1) is 18.8 Å². The van der Waals surface area contributed by atoms with Crippen molar-refractivity contribution in [2.45, 2.75) is 13.8 Å². The topological polar surface area (TPSA) is 82.2 Å². The molecule has 1 aromatic carbocycles. The van der Waals surface area contributed by atoms with Crippen LogP contribution in [0.3, 0.4) is 0 Å². The molecule has 0 aliphatic heterocycles. The monoisotopic (exact) mass is 280 g/mol. The fourth-order valence-electron chi connectivity index (χ4n) is 1.70. The maximum atomic E-state index is 11.9. The molecule has 0 aromatic heterocycles. The number of aryl methyl sites for hydroxylation is 2. The molecule has 2 amide bonds. The number of urea groups is 1. The van der Waals surface area contributed by atoms with Crippen LogP contribution in [0.1, 0.15) is 11.1 Å². The Hall–Kier alpha value is -2.19. The summed E-state index contributed by atoms with van der Waals surface area (Å²) in [6, 6.07) is 5.09. The van der Waals surface area contributed by atoms with Gasteiger partial charge >= 0.3 is 6.03 Å². The zero-order valence-corrected chi connectivity index (χ0v) is 11.7. The molecule has 0 aliphatic rings. The number of carbonyl (C=O) groups excluding carboxylic acids is 1. The molecule has 1 aromatic rings. The van der Waals surface area contributed by atoms with Crippen LogP contribution in [-0.4, -0.2) is 18.5 Å². The van der Waals surface area contributed by atoms with Crippen molar-refractivity contribution in [2.75, 3.05) is 11.4 Å². The van der Waals surface area contributed by atoms with Crippen LogP contribution in [0.5, 0.6) is 0 Å². The summed E-state index contributed by atoms with van der Waals surface area (Å²) >= 11 is 0. The van der Waals surface area contributed by atoms with E-state index in [0.29, 0.717) is 5.69 Å². The first-order valence-corrected chi connectivity index (χ1v) is 5.40. The molecule has 4 N–H and O–H groups in total. The van der Waals surface area contributed by atoms with Gasteiger partial charge in [0, 0.05) is 0 Å². The van der Waals surface area contributed by atoms with Gasteiger partial charge in [-0.3, -0.25) is 5.41 Å². The highest BCUT2D eigenvalue weighted by Gasteiger charge is 2.21. The van der Waals surface area contributed by atoms with Crippen LogP contribution in [0.4, 0.5) is 10.5 Å². The Morgan fingerprint density at radius 3 is 2.42 bits per heavy atom. The number of rotatable bonds is 2. The third-order valence-electron chi connectivity index (χ3n) is 2.45. The lowest BCUT2D eigenvalue weighted by atomic mass is 10.1. The Morgan fingerprint density at radius 2 is 2.00 bits per heavy atom. The summed E-state index contributed by atoms with van der Waals surface area (Å²) in [5, 5.41) is 10.0. The van der Waals surface area contributed by atoms with Gasteiger partial charge in [-0.05, 0) is 25.0 Å². The van der Waals surface area contributed by atoms with Gasteiger partial charge in [-0.25, -0.2) is 9.69 Å². The number of terminal acetylenes is 1. The lowest BCUT2D eigenvalue weighted by molar-refractivity contribution is 0.250. The second-order valence-corrected chi connectivity index (χ2v) is 3.82. The zero-order valence-electron chi connectivity index (χ0n) is 10.9. The highest BCUT2D eigenvalue weighted by molar-refractivity contribution is 6.14. The minimum atomic E-state index is -0.502. The van der Waals surface area contributed by atoms with Gasteiger partial charge in [0.15, 0.2) is 0 Å². The van der Waals surface area contributed by atoms with Gasteiger partial charge in [-0.2, -0.15) is 0 Å². The first kappa shape index (κ1) is 16.8. The molecule has 19 heavy (non-hydrogen) atoms. The minimum absolute atomic E-state index is 0. The van der Waals surface area contributed by atoms with Gasteiger partial charge in [-0.1, -0.05) is 24.1 Å². The van der Waals surface area contributed by atoms with Crippen molar-refractivity contribution in [2.24, 2.45) is 5.73 Å². The Morgan fingerprint density at radius 1 is 1.47 bits per heavy atom. The van der Waals surface area contributed by atoms with Crippen LogP contribution in [0, 0.1) is 31.6 Å². The molecule has 0 spiro atoms. The summed E-state index contributed by atoms with van der Waals surface area (Å²) in [5.74, 6) is 1.96. The lowest BCUT2D eigenvalue weighted by Gasteiger charge is -2.24. The highest BCUT2D eigenvalue weighted by Crippen LogP contribution is 2.24. The molecule has 0 saturated heterocycles. The van der Waals surface area contributed by atoms with E-state index >= 15 is 0 Å². The van der Waals surface area contributed by atoms with Gasteiger partial charge in [0.05, 0.1) is 12.2 Å². The maximum Gasteiger partial charge on any atom is 0.329 e. The first-order chi connectivity index (χ1) is 8.49. The second-order valence-electron chi connectivity index (χ2n) is 3.82. The van der Waals surface area contributed by atoms with Crippen LogP contribution in [0.2, 0.25) is 0 Å². The molecule has 0 atom stereocenters. The number of nitrogens with zero attached hydrogens (tertiary/aromatic N) is 1. The summed E-state index contributed by atoms with van der Waals surface area (Å²) in [5.41, 5.74) is 7.81. The molecule has 6 heteroatoms. The number of guanidine groups is 1. The number of anilines is 1. The van der Waals surface area contributed by atoms with Gasteiger partial charge < -0.3 is 11.1 Å². The summed E-state index contributed by atoms with van der Waals surface area (Å²) in [4.78, 5) is 13.1. The van der Waals surface area contributed by atoms with Crippen molar-refractivity contribution in [3.8, 4) is 12.3 Å². The number of hydrogen-bond donors (Lipinski definition) is 3. The number of hydrogen-bond acceptors (Lipinski definition) is 2. The van der Waals surface area contributed by atoms with E-state index in [1.165, 1.54) is 0 Å². The molecular formula is C13H17ClN4O. The number of nitrogens with two attached hydrogens (primary N) is 1. The molecule has 0 heterocycles. The minimum Gasteiger partial charge on any atom is -0.369 e. The Bertz CT molecular complexity index is 502. The van der Waals surface area contributed by atoms with E-state index in [2.05, 4.69) is 11.2 Å². The Balaban J connectivity index is 0.00000324. The van der Waals surface area contributed by atoms with Crippen LogP contribution in [-0.2, 0) is 0 Å². The van der Waals surface area contributed by atoms with Crippen molar-refractivity contribution >= 4 is 30.1 Å².